The largest absolute Gasteiger partial charge is 0.458 e. The number of hydrogen-bond acceptors (Lipinski definition) is 4. The number of carbonyl (C=O) groups is 2. The maximum Gasteiger partial charge on any atom is 0.338 e. The molecule has 0 amide bonds. The smallest absolute Gasteiger partial charge is 0.338 e. The molecule has 2 heterocycles. The third kappa shape index (κ3) is 2.44. The molecule has 0 unspecified atom stereocenters. The molecule has 0 atom stereocenters. The topological polar surface area (TPSA) is 52.6 Å². The van der Waals surface area contributed by atoms with E-state index in [1.54, 1.807) is 24.3 Å². The van der Waals surface area contributed by atoms with Crippen molar-refractivity contribution >= 4 is 22.9 Å². The fourth-order valence-corrected chi connectivity index (χ4v) is 1.18. The summed E-state index contributed by atoms with van der Waals surface area (Å²) in [6.07, 6.45) is 0. The molecule has 0 aromatic heterocycles. The van der Waals surface area contributed by atoms with Gasteiger partial charge in [-0.05, 0) is 35.2 Å². The van der Waals surface area contributed by atoms with Gasteiger partial charge in [-0.2, -0.15) is 0 Å². The predicted octanol–water partition coefficient (Wildman–Crippen LogP) is -0.438. The summed E-state index contributed by atoms with van der Waals surface area (Å²) in [6, 6.07) is 6.18. The molecule has 2 aliphatic heterocycles. The van der Waals surface area contributed by atoms with E-state index < -0.39 is 11.9 Å². The zero-order valence-corrected chi connectivity index (χ0v) is 7.36. The number of ether oxygens (including phenoxy) is 2. The van der Waals surface area contributed by atoms with E-state index in [1.165, 1.54) is 0 Å². The van der Waals surface area contributed by atoms with E-state index >= 15 is 0 Å². The van der Waals surface area contributed by atoms with E-state index in [9.17, 15) is 9.59 Å². The van der Waals surface area contributed by atoms with E-state index in [4.69, 9.17) is 9.47 Å². The Bertz CT molecular complexity index is 335. The second kappa shape index (κ2) is 4.74. The maximum atomic E-state index is 11.3. The zero-order chi connectivity index (χ0) is 9.97. The lowest BCUT2D eigenvalue weighted by molar-refractivity contribution is 0.0260. The van der Waals surface area contributed by atoms with Crippen molar-refractivity contribution in [2.24, 2.45) is 0 Å². The Morgan fingerprint density at radius 2 is 1.13 bits per heavy atom. The molecule has 0 saturated carbocycles. The van der Waals surface area contributed by atoms with Gasteiger partial charge in [-0.3, -0.25) is 0 Å². The molecule has 15 heavy (non-hydrogen) atoms. The molecule has 1 aromatic rings. The zero-order valence-electron chi connectivity index (χ0n) is 7.36. The molecule has 4 nitrogen and oxygen atoms in total. The van der Waals surface area contributed by atoms with E-state index in [1.807, 2.05) is 0 Å². The summed E-state index contributed by atoms with van der Waals surface area (Å²) in [4.78, 5) is 22.5. The van der Waals surface area contributed by atoms with Crippen LogP contribution in [0, 0.1) is 0 Å². The van der Waals surface area contributed by atoms with Crippen LogP contribution in [0.1, 0.15) is 20.7 Å². The molecule has 5 heteroatoms. The molecule has 3 rings (SSSR count). The lowest BCUT2D eigenvalue weighted by Crippen LogP contribution is -2.16. The van der Waals surface area contributed by atoms with Crippen LogP contribution in [0.2, 0.25) is 0 Å². The van der Waals surface area contributed by atoms with Crippen LogP contribution in [-0.2, 0) is 9.47 Å². The molecule has 0 fully saturated rings. The van der Waals surface area contributed by atoms with Crippen molar-refractivity contribution in [1.29, 1.82) is 0 Å². The Morgan fingerprint density at radius 1 is 0.800 bits per heavy atom. The van der Waals surface area contributed by atoms with Crippen LogP contribution in [0.4, 0.5) is 0 Å². The molecule has 2 bridgehead atoms. The van der Waals surface area contributed by atoms with Crippen LogP contribution in [0.3, 0.4) is 0 Å². The molecule has 0 aliphatic carbocycles. The minimum Gasteiger partial charge on any atom is -0.458 e. The first kappa shape index (κ1) is 11.5. The number of carbonyl (C=O) groups excluding carboxylic acids is 2. The van der Waals surface area contributed by atoms with Crippen molar-refractivity contribution in [3.63, 3.8) is 0 Å². The summed E-state index contributed by atoms with van der Waals surface area (Å²) >= 11 is 0. The number of rotatable bonds is 0. The van der Waals surface area contributed by atoms with Crippen LogP contribution in [-0.4, -0.2) is 36.1 Å². The monoisotopic (exact) mass is 224 g/mol. The van der Waals surface area contributed by atoms with Crippen LogP contribution >= 0.6 is 0 Å². The molecular weight excluding hydrogens is 212 g/mol. The maximum absolute atomic E-state index is 11.3. The van der Waals surface area contributed by atoms with Gasteiger partial charge in [0.25, 0.3) is 0 Å². The minimum atomic E-state index is -0.394. The summed E-state index contributed by atoms with van der Waals surface area (Å²) in [5.41, 5.74) is 0.895. The van der Waals surface area contributed by atoms with Gasteiger partial charge in [0.2, 0.25) is 0 Å². The molecule has 0 N–H and O–H groups in total. The Hall–Kier alpha value is -1.62. The summed E-state index contributed by atoms with van der Waals surface area (Å²) < 4.78 is 9.66. The van der Waals surface area contributed by atoms with E-state index in [-0.39, 0.29) is 24.2 Å². The van der Waals surface area contributed by atoms with Crippen molar-refractivity contribution in [3.8, 4) is 0 Å². The minimum absolute atomic E-state index is 0. The van der Waals surface area contributed by atoms with Crippen LogP contribution in [0.25, 0.3) is 0 Å². The van der Waals surface area contributed by atoms with E-state index in [2.05, 4.69) is 0 Å². The Labute approximate surface area is 91.2 Å². The quantitative estimate of drug-likeness (QED) is 0.443. The SMILES string of the molecule is O=C1OCCOC(=O)c2ccc1cc2.[SiH4]. The number of hydrogen-bond donors (Lipinski definition) is 0. The highest BCUT2D eigenvalue weighted by atomic mass is 28.1. The number of esters is 2. The lowest BCUT2D eigenvalue weighted by Gasteiger charge is -2.09. The van der Waals surface area contributed by atoms with Crippen molar-refractivity contribution in [3.05, 3.63) is 35.4 Å². The highest BCUT2D eigenvalue weighted by Crippen LogP contribution is 2.09. The molecular formula is C10H12O4Si. The second-order valence-electron chi connectivity index (χ2n) is 2.85. The Balaban J connectivity index is 0.00000112. The predicted molar refractivity (Wildman–Crippen MR) is 58.3 cm³/mol. The third-order valence-electron chi connectivity index (χ3n) is 1.91. The van der Waals surface area contributed by atoms with Gasteiger partial charge in [0.15, 0.2) is 0 Å². The fraction of sp³-hybridized carbons (Fsp3) is 0.200. The average molecular weight is 224 g/mol. The molecule has 2 aliphatic rings. The lowest BCUT2D eigenvalue weighted by atomic mass is 10.1. The van der Waals surface area contributed by atoms with E-state index in [0.717, 1.165) is 0 Å². The summed E-state index contributed by atoms with van der Waals surface area (Å²) in [5.74, 6) is -0.788. The third-order valence-corrected chi connectivity index (χ3v) is 1.91. The van der Waals surface area contributed by atoms with Gasteiger partial charge >= 0.3 is 11.9 Å². The first-order valence-corrected chi connectivity index (χ1v) is 4.22. The average Bonchev–Trinajstić information content (AvgIpc) is 2.23. The molecule has 0 spiro atoms. The van der Waals surface area contributed by atoms with Gasteiger partial charge < -0.3 is 9.47 Å². The van der Waals surface area contributed by atoms with Gasteiger partial charge in [-0.15, -0.1) is 0 Å². The number of benzene rings is 1. The van der Waals surface area contributed by atoms with Crippen LogP contribution in [0.5, 0.6) is 0 Å². The van der Waals surface area contributed by atoms with Crippen LogP contribution < -0.4 is 0 Å². The van der Waals surface area contributed by atoms with Gasteiger partial charge in [-0.1, -0.05) is 0 Å². The van der Waals surface area contributed by atoms with Crippen molar-refractivity contribution in [2.45, 2.75) is 0 Å². The number of fused-ring (bicyclic) bond motifs is 7. The molecule has 80 valence electrons. The van der Waals surface area contributed by atoms with Crippen molar-refractivity contribution in [1.82, 2.24) is 0 Å². The first-order valence-electron chi connectivity index (χ1n) is 4.22. The van der Waals surface area contributed by atoms with Gasteiger partial charge in [0.05, 0.1) is 11.1 Å². The molecule has 0 saturated heterocycles. The van der Waals surface area contributed by atoms with E-state index in [0.29, 0.717) is 11.1 Å². The van der Waals surface area contributed by atoms with Gasteiger partial charge in [0, 0.05) is 0 Å². The molecule has 0 radical (unpaired) electrons. The van der Waals surface area contributed by atoms with Crippen molar-refractivity contribution < 1.29 is 19.1 Å². The van der Waals surface area contributed by atoms with Gasteiger partial charge in [0.1, 0.15) is 13.2 Å². The van der Waals surface area contributed by atoms with Crippen LogP contribution in [0.15, 0.2) is 24.3 Å². The van der Waals surface area contributed by atoms with Gasteiger partial charge in [-0.25, -0.2) is 9.59 Å². The fourth-order valence-electron chi connectivity index (χ4n) is 1.18. The summed E-state index contributed by atoms with van der Waals surface area (Å²) in [7, 11) is 0. The second-order valence-corrected chi connectivity index (χ2v) is 2.85. The highest BCUT2D eigenvalue weighted by molar-refractivity contribution is 5.93. The van der Waals surface area contributed by atoms with Crippen molar-refractivity contribution in [2.75, 3.05) is 13.2 Å². The summed E-state index contributed by atoms with van der Waals surface area (Å²) in [5, 5.41) is 0. The normalized spacial score (nSPS) is 14.9. The highest BCUT2D eigenvalue weighted by Gasteiger charge is 2.13. The Morgan fingerprint density at radius 3 is 1.47 bits per heavy atom. The first-order chi connectivity index (χ1) is 6.77. The molecule has 1 aromatic carbocycles. The Kier molecular flexibility index (Phi) is 3.62. The summed E-state index contributed by atoms with van der Waals surface area (Å²) in [6.45, 7) is 0.200. The standard InChI is InChI=1S/C10H8O4.H4Si/c11-9-7-1-2-8(4-3-7)10(12)14-6-5-13-9;/h1-4H,5-6H2;1H4.